The van der Waals surface area contributed by atoms with E-state index in [0.717, 1.165) is 58.0 Å². The van der Waals surface area contributed by atoms with E-state index in [9.17, 15) is 0 Å². The summed E-state index contributed by atoms with van der Waals surface area (Å²) >= 11 is 0. The van der Waals surface area contributed by atoms with Crippen LogP contribution in [0.4, 0.5) is 0 Å². The topological polar surface area (TPSA) is 48.9 Å². The van der Waals surface area contributed by atoms with Crippen molar-refractivity contribution in [1.82, 2.24) is 15.5 Å². The molecule has 5 heteroatoms. The minimum Gasteiger partial charge on any atom is -0.385 e. The van der Waals surface area contributed by atoms with Gasteiger partial charge in [-0.1, -0.05) is 30.3 Å². The number of likely N-dealkylation sites (tertiary alicyclic amines) is 1. The summed E-state index contributed by atoms with van der Waals surface area (Å²) in [6, 6.07) is 11.9. The van der Waals surface area contributed by atoms with E-state index in [1.807, 2.05) is 0 Å². The first-order valence-electron chi connectivity index (χ1n) is 11.0. The molecular formula is C23H38N4O. The number of methoxy groups -OCH3 is 1. The first-order chi connectivity index (χ1) is 13.6. The molecule has 1 aromatic carbocycles. The second-order valence-electron chi connectivity index (χ2n) is 8.61. The third-order valence-corrected chi connectivity index (χ3v) is 6.29. The number of ether oxygens (including phenoxy) is 1. The Morgan fingerprint density at radius 3 is 2.71 bits per heavy atom. The minimum absolute atomic E-state index is 0.394. The molecule has 0 spiro atoms. The van der Waals surface area contributed by atoms with Gasteiger partial charge in [-0.3, -0.25) is 9.89 Å². The number of hydrogen-bond donors (Lipinski definition) is 2. The summed E-state index contributed by atoms with van der Waals surface area (Å²) < 4.78 is 5.27. The molecule has 156 valence electrons. The third kappa shape index (κ3) is 6.21. The Kier molecular flexibility index (Phi) is 7.74. The van der Waals surface area contributed by atoms with Gasteiger partial charge in [0.15, 0.2) is 5.96 Å². The number of nitrogens with one attached hydrogen (secondary N) is 2. The number of rotatable bonds is 9. The molecule has 28 heavy (non-hydrogen) atoms. The van der Waals surface area contributed by atoms with Crippen molar-refractivity contribution in [3.63, 3.8) is 0 Å². The molecule has 5 nitrogen and oxygen atoms in total. The minimum atomic E-state index is 0.394. The Bertz CT molecular complexity index is 614. The van der Waals surface area contributed by atoms with Crippen molar-refractivity contribution >= 4 is 5.96 Å². The van der Waals surface area contributed by atoms with Crippen LogP contribution in [0.5, 0.6) is 0 Å². The SMILES string of the molecule is CCNC(=NCC1(CCOC)CC1)NC1CCN(Cc2ccccc2)C(C)C1. The molecule has 2 unspecified atom stereocenters. The summed E-state index contributed by atoms with van der Waals surface area (Å²) in [5, 5.41) is 7.16. The van der Waals surface area contributed by atoms with Gasteiger partial charge in [-0.2, -0.15) is 0 Å². The average molecular weight is 387 g/mol. The highest BCUT2D eigenvalue weighted by Crippen LogP contribution is 2.48. The lowest BCUT2D eigenvalue weighted by Gasteiger charge is -2.38. The number of hydrogen-bond acceptors (Lipinski definition) is 3. The van der Waals surface area contributed by atoms with E-state index < -0.39 is 0 Å². The van der Waals surface area contributed by atoms with E-state index in [-0.39, 0.29) is 0 Å². The first-order valence-corrected chi connectivity index (χ1v) is 11.0. The van der Waals surface area contributed by atoms with Crippen molar-refractivity contribution in [2.75, 3.05) is 33.4 Å². The van der Waals surface area contributed by atoms with Crippen LogP contribution >= 0.6 is 0 Å². The van der Waals surface area contributed by atoms with Gasteiger partial charge in [-0.25, -0.2) is 0 Å². The van der Waals surface area contributed by atoms with Gasteiger partial charge in [-0.15, -0.1) is 0 Å². The molecule has 0 radical (unpaired) electrons. The number of aliphatic imine (C=N–C) groups is 1. The smallest absolute Gasteiger partial charge is 0.191 e. The lowest BCUT2D eigenvalue weighted by molar-refractivity contribution is 0.134. The summed E-state index contributed by atoms with van der Waals surface area (Å²) in [5.74, 6) is 0.986. The molecule has 2 N–H and O–H groups in total. The van der Waals surface area contributed by atoms with Crippen LogP contribution in [-0.2, 0) is 11.3 Å². The molecule has 2 aliphatic rings. The molecule has 1 saturated carbocycles. The van der Waals surface area contributed by atoms with Crippen molar-refractivity contribution in [3.8, 4) is 0 Å². The fourth-order valence-electron chi connectivity index (χ4n) is 4.15. The molecule has 3 rings (SSSR count). The summed E-state index contributed by atoms with van der Waals surface area (Å²) in [7, 11) is 1.79. The van der Waals surface area contributed by atoms with Crippen LogP contribution in [0.2, 0.25) is 0 Å². The van der Waals surface area contributed by atoms with Crippen LogP contribution in [0, 0.1) is 5.41 Å². The molecule has 2 atom stereocenters. The Morgan fingerprint density at radius 1 is 1.29 bits per heavy atom. The van der Waals surface area contributed by atoms with E-state index in [0.29, 0.717) is 17.5 Å². The molecule has 1 aromatic rings. The third-order valence-electron chi connectivity index (χ3n) is 6.29. The van der Waals surface area contributed by atoms with Crippen molar-refractivity contribution in [1.29, 1.82) is 0 Å². The van der Waals surface area contributed by atoms with E-state index in [1.165, 1.54) is 18.4 Å². The molecule has 0 amide bonds. The lowest BCUT2D eigenvalue weighted by atomic mass is 9.97. The zero-order valence-electron chi connectivity index (χ0n) is 17.9. The quantitative estimate of drug-likeness (QED) is 0.504. The van der Waals surface area contributed by atoms with Crippen molar-refractivity contribution < 1.29 is 4.74 Å². The second-order valence-corrected chi connectivity index (χ2v) is 8.61. The van der Waals surface area contributed by atoms with Crippen LogP contribution in [0.15, 0.2) is 35.3 Å². The van der Waals surface area contributed by atoms with Crippen LogP contribution < -0.4 is 10.6 Å². The first kappa shape index (κ1) is 21.1. The summed E-state index contributed by atoms with van der Waals surface area (Å²) in [4.78, 5) is 7.53. The molecular weight excluding hydrogens is 348 g/mol. The highest BCUT2D eigenvalue weighted by Gasteiger charge is 2.41. The van der Waals surface area contributed by atoms with Gasteiger partial charge in [0.05, 0.1) is 0 Å². The highest BCUT2D eigenvalue weighted by atomic mass is 16.5. The van der Waals surface area contributed by atoms with Gasteiger partial charge < -0.3 is 15.4 Å². The maximum Gasteiger partial charge on any atom is 0.191 e. The van der Waals surface area contributed by atoms with Crippen LogP contribution in [0.25, 0.3) is 0 Å². The van der Waals surface area contributed by atoms with Gasteiger partial charge in [-0.05, 0) is 56.9 Å². The molecule has 2 fully saturated rings. The number of nitrogens with zero attached hydrogens (tertiary/aromatic N) is 2. The second kappa shape index (κ2) is 10.3. The normalized spacial score (nSPS) is 24.8. The van der Waals surface area contributed by atoms with Gasteiger partial charge in [0.1, 0.15) is 0 Å². The summed E-state index contributed by atoms with van der Waals surface area (Å²) in [6.07, 6.45) is 6.02. The number of piperidine rings is 1. The van der Waals surface area contributed by atoms with Crippen LogP contribution in [0.1, 0.15) is 51.5 Å². The van der Waals surface area contributed by atoms with E-state index in [4.69, 9.17) is 9.73 Å². The molecule has 1 heterocycles. The van der Waals surface area contributed by atoms with E-state index in [1.54, 1.807) is 7.11 Å². The summed E-state index contributed by atoms with van der Waals surface area (Å²) in [6.45, 7) is 9.32. The van der Waals surface area contributed by atoms with Gasteiger partial charge in [0, 0.05) is 52.0 Å². The summed E-state index contributed by atoms with van der Waals surface area (Å²) in [5.41, 5.74) is 1.80. The highest BCUT2D eigenvalue weighted by molar-refractivity contribution is 5.80. The van der Waals surface area contributed by atoms with E-state index in [2.05, 4.69) is 59.7 Å². The van der Waals surface area contributed by atoms with Crippen molar-refractivity contribution in [2.45, 2.75) is 64.6 Å². The Hall–Kier alpha value is -1.59. The largest absolute Gasteiger partial charge is 0.385 e. The predicted octanol–water partition coefficient (Wildman–Crippen LogP) is 3.41. The van der Waals surface area contributed by atoms with Gasteiger partial charge in [0.25, 0.3) is 0 Å². The van der Waals surface area contributed by atoms with Crippen molar-refractivity contribution in [2.24, 2.45) is 10.4 Å². The Morgan fingerprint density at radius 2 is 2.07 bits per heavy atom. The standard InChI is InChI=1S/C23H38N4O/c1-4-24-22(25-18-23(11-12-23)13-15-28-3)26-21-10-14-27(19(2)16-21)17-20-8-6-5-7-9-20/h5-9,19,21H,4,10-18H2,1-3H3,(H2,24,25,26). The predicted molar refractivity (Wildman–Crippen MR) is 117 cm³/mol. The fourth-order valence-corrected chi connectivity index (χ4v) is 4.15. The van der Waals surface area contributed by atoms with Crippen molar-refractivity contribution in [3.05, 3.63) is 35.9 Å². The fraction of sp³-hybridized carbons (Fsp3) is 0.696. The maximum atomic E-state index is 5.27. The average Bonchev–Trinajstić information content (AvgIpc) is 3.48. The monoisotopic (exact) mass is 386 g/mol. The Labute approximate surface area is 170 Å². The zero-order chi connectivity index (χ0) is 19.8. The van der Waals surface area contributed by atoms with Gasteiger partial charge in [0.2, 0.25) is 0 Å². The Balaban J connectivity index is 1.49. The number of benzene rings is 1. The molecule has 0 aromatic heterocycles. The van der Waals surface area contributed by atoms with Gasteiger partial charge >= 0.3 is 0 Å². The maximum absolute atomic E-state index is 5.27. The zero-order valence-corrected chi connectivity index (χ0v) is 17.9. The molecule has 1 aliphatic heterocycles. The van der Waals surface area contributed by atoms with Crippen LogP contribution in [0.3, 0.4) is 0 Å². The van der Waals surface area contributed by atoms with Crippen LogP contribution in [-0.4, -0.2) is 56.3 Å². The molecule has 1 saturated heterocycles. The lowest BCUT2D eigenvalue weighted by Crippen LogP contribution is -2.51. The number of guanidine groups is 1. The molecule has 0 bridgehead atoms. The molecule has 1 aliphatic carbocycles. The van der Waals surface area contributed by atoms with E-state index >= 15 is 0 Å².